The normalized spacial score (nSPS) is 10.3. The number of hydrogen-bond donors (Lipinski definition) is 1. The number of benzene rings is 2. The van der Waals surface area contributed by atoms with Crippen LogP contribution in [0.25, 0.3) is 0 Å². The van der Waals surface area contributed by atoms with Gasteiger partial charge in [-0.1, -0.05) is 35.9 Å². The van der Waals surface area contributed by atoms with Gasteiger partial charge in [0, 0.05) is 12.2 Å². The summed E-state index contributed by atoms with van der Waals surface area (Å²) in [6.45, 7) is 7.33. The predicted molar refractivity (Wildman–Crippen MR) is 74.4 cm³/mol. The Hall–Kier alpha value is -1.76. The van der Waals surface area contributed by atoms with Gasteiger partial charge < -0.3 is 5.32 Å². The number of anilines is 1. The maximum absolute atomic E-state index is 3.47. The molecule has 17 heavy (non-hydrogen) atoms. The molecule has 0 aromatic heterocycles. The van der Waals surface area contributed by atoms with Crippen molar-refractivity contribution >= 4 is 5.69 Å². The molecule has 88 valence electrons. The maximum atomic E-state index is 3.47. The highest BCUT2D eigenvalue weighted by Crippen LogP contribution is 2.16. The van der Waals surface area contributed by atoms with Crippen molar-refractivity contribution in [3.63, 3.8) is 0 Å². The second kappa shape index (κ2) is 5.05. The molecule has 0 radical (unpaired) electrons. The van der Waals surface area contributed by atoms with Gasteiger partial charge >= 0.3 is 0 Å². The topological polar surface area (TPSA) is 12.0 Å². The zero-order valence-corrected chi connectivity index (χ0v) is 10.7. The van der Waals surface area contributed by atoms with E-state index in [1.807, 2.05) is 0 Å². The average molecular weight is 225 g/mol. The minimum atomic E-state index is 0.890. The lowest BCUT2D eigenvalue weighted by molar-refractivity contribution is 1.09. The summed E-state index contributed by atoms with van der Waals surface area (Å²) in [7, 11) is 0. The summed E-state index contributed by atoms with van der Waals surface area (Å²) in [5.41, 5.74) is 6.57. The number of aryl methyl sites for hydroxylation is 3. The van der Waals surface area contributed by atoms with Gasteiger partial charge in [0.05, 0.1) is 0 Å². The minimum Gasteiger partial charge on any atom is -0.381 e. The average Bonchev–Trinajstić information content (AvgIpc) is 2.31. The van der Waals surface area contributed by atoms with Crippen LogP contribution in [-0.2, 0) is 6.54 Å². The first-order valence-corrected chi connectivity index (χ1v) is 6.02. The van der Waals surface area contributed by atoms with E-state index in [0.29, 0.717) is 0 Å². The van der Waals surface area contributed by atoms with Crippen molar-refractivity contribution in [2.45, 2.75) is 27.3 Å². The third-order valence-electron chi connectivity index (χ3n) is 3.17. The molecule has 1 N–H and O–H groups in total. The SMILES string of the molecule is Cc1ccc(NCc2c(C)cccc2C)cc1. The molecule has 2 rings (SSSR count). The van der Waals surface area contributed by atoms with Crippen molar-refractivity contribution in [1.82, 2.24) is 0 Å². The summed E-state index contributed by atoms with van der Waals surface area (Å²) >= 11 is 0. The maximum Gasteiger partial charge on any atom is 0.0406 e. The van der Waals surface area contributed by atoms with E-state index in [4.69, 9.17) is 0 Å². The molecule has 0 fully saturated rings. The molecule has 0 aliphatic carbocycles. The lowest BCUT2D eigenvalue weighted by Gasteiger charge is -2.12. The Balaban J connectivity index is 2.10. The van der Waals surface area contributed by atoms with Crippen molar-refractivity contribution in [2.75, 3.05) is 5.32 Å². The molecule has 0 bridgehead atoms. The van der Waals surface area contributed by atoms with Crippen LogP contribution in [0.1, 0.15) is 22.3 Å². The van der Waals surface area contributed by atoms with E-state index in [0.717, 1.165) is 6.54 Å². The molecule has 0 unspecified atom stereocenters. The second-order valence-electron chi connectivity index (χ2n) is 4.59. The van der Waals surface area contributed by atoms with Gasteiger partial charge in [-0.3, -0.25) is 0 Å². The highest BCUT2D eigenvalue weighted by atomic mass is 14.9. The fourth-order valence-electron chi connectivity index (χ4n) is 1.99. The highest BCUT2D eigenvalue weighted by molar-refractivity contribution is 5.46. The molecule has 2 aromatic carbocycles. The molecule has 0 aliphatic heterocycles. The van der Waals surface area contributed by atoms with Crippen LogP contribution in [0.3, 0.4) is 0 Å². The molecule has 2 aromatic rings. The van der Waals surface area contributed by atoms with Crippen LogP contribution >= 0.6 is 0 Å². The minimum absolute atomic E-state index is 0.890. The standard InChI is InChI=1S/C16H19N/c1-12-7-9-15(10-8-12)17-11-16-13(2)5-4-6-14(16)3/h4-10,17H,11H2,1-3H3. The Morgan fingerprint density at radius 3 is 2.00 bits per heavy atom. The van der Waals surface area contributed by atoms with Gasteiger partial charge in [0.25, 0.3) is 0 Å². The molecule has 1 heteroatoms. The van der Waals surface area contributed by atoms with Crippen molar-refractivity contribution < 1.29 is 0 Å². The first kappa shape index (κ1) is 11.7. The zero-order valence-electron chi connectivity index (χ0n) is 10.7. The van der Waals surface area contributed by atoms with Crippen LogP contribution in [0, 0.1) is 20.8 Å². The molecule has 0 heterocycles. The second-order valence-corrected chi connectivity index (χ2v) is 4.59. The van der Waals surface area contributed by atoms with E-state index in [1.54, 1.807) is 0 Å². The first-order chi connectivity index (χ1) is 8.16. The van der Waals surface area contributed by atoms with Gasteiger partial charge in [0.15, 0.2) is 0 Å². The van der Waals surface area contributed by atoms with Crippen molar-refractivity contribution in [3.8, 4) is 0 Å². The predicted octanol–water partition coefficient (Wildman–Crippen LogP) is 4.22. The molecule has 0 amide bonds. The molecule has 0 aliphatic rings. The molecule has 0 atom stereocenters. The van der Waals surface area contributed by atoms with E-state index in [9.17, 15) is 0 Å². The molecule has 0 saturated heterocycles. The third kappa shape index (κ3) is 2.88. The smallest absolute Gasteiger partial charge is 0.0406 e. The summed E-state index contributed by atoms with van der Waals surface area (Å²) in [5, 5.41) is 3.47. The van der Waals surface area contributed by atoms with Crippen molar-refractivity contribution in [1.29, 1.82) is 0 Å². The van der Waals surface area contributed by atoms with Gasteiger partial charge in [0.1, 0.15) is 0 Å². The number of rotatable bonds is 3. The molecular weight excluding hydrogens is 206 g/mol. The zero-order chi connectivity index (χ0) is 12.3. The van der Waals surface area contributed by atoms with E-state index in [2.05, 4.69) is 68.6 Å². The Kier molecular flexibility index (Phi) is 3.48. The summed E-state index contributed by atoms with van der Waals surface area (Å²) in [4.78, 5) is 0. The Labute approximate surface area is 103 Å². The van der Waals surface area contributed by atoms with Crippen LogP contribution in [-0.4, -0.2) is 0 Å². The lowest BCUT2D eigenvalue weighted by atomic mass is 10.0. The van der Waals surface area contributed by atoms with E-state index >= 15 is 0 Å². The van der Waals surface area contributed by atoms with Crippen molar-refractivity contribution in [3.05, 3.63) is 64.7 Å². The molecule has 0 spiro atoms. The van der Waals surface area contributed by atoms with Crippen molar-refractivity contribution in [2.24, 2.45) is 0 Å². The Bertz CT molecular complexity index is 477. The van der Waals surface area contributed by atoms with Crippen LogP contribution < -0.4 is 5.32 Å². The van der Waals surface area contributed by atoms with Gasteiger partial charge in [-0.05, 0) is 49.6 Å². The largest absolute Gasteiger partial charge is 0.381 e. The number of nitrogens with one attached hydrogen (secondary N) is 1. The fourth-order valence-corrected chi connectivity index (χ4v) is 1.99. The lowest BCUT2D eigenvalue weighted by Crippen LogP contribution is -2.03. The Morgan fingerprint density at radius 1 is 0.824 bits per heavy atom. The number of hydrogen-bond acceptors (Lipinski definition) is 1. The van der Waals surface area contributed by atoms with E-state index < -0.39 is 0 Å². The summed E-state index contributed by atoms with van der Waals surface area (Å²) < 4.78 is 0. The van der Waals surface area contributed by atoms with E-state index in [1.165, 1.54) is 27.9 Å². The third-order valence-corrected chi connectivity index (χ3v) is 3.17. The molecular formula is C16H19N. The summed E-state index contributed by atoms with van der Waals surface area (Å²) in [5.74, 6) is 0. The quantitative estimate of drug-likeness (QED) is 0.824. The fraction of sp³-hybridized carbons (Fsp3) is 0.250. The monoisotopic (exact) mass is 225 g/mol. The molecule has 0 saturated carbocycles. The summed E-state index contributed by atoms with van der Waals surface area (Å²) in [6.07, 6.45) is 0. The van der Waals surface area contributed by atoms with Crippen LogP contribution in [0.2, 0.25) is 0 Å². The van der Waals surface area contributed by atoms with Gasteiger partial charge in [-0.2, -0.15) is 0 Å². The highest BCUT2D eigenvalue weighted by Gasteiger charge is 2.01. The van der Waals surface area contributed by atoms with Crippen LogP contribution in [0.15, 0.2) is 42.5 Å². The Morgan fingerprint density at radius 2 is 1.41 bits per heavy atom. The van der Waals surface area contributed by atoms with Crippen LogP contribution in [0.4, 0.5) is 5.69 Å². The van der Waals surface area contributed by atoms with Gasteiger partial charge in [-0.25, -0.2) is 0 Å². The van der Waals surface area contributed by atoms with Crippen LogP contribution in [0.5, 0.6) is 0 Å². The van der Waals surface area contributed by atoms with Gasteiger partial charge in [0.2, 0.25) is 0 Å². The summed E-state index contributed by atoms with van der Waals surface area (Å²) in [6, 6.07) is 15.0. The molecule has 1 nitrogen and oxygen atoms in total. The first-order valence-electron chi connectivity index (χ1n) is 6.02. The van der Waals surface area contributed by atoms with Gasteiger partial charge in [-0.15, -0.1) is 0 Å². The van der Waals surface area contributed by atoms with E-state index in [-0.39, 0.29) is 0 Å².